The Hall–Kier alpha value is -2.15. The summed E-state index contributed by atoms with van der Waals surface area (Å²) in [4.78, 5) is 17.3. The summed E-state index contributed by atoms with van der Waals surface area (Å²) in [6.07, 6.45) is 4.43. The largest absolute Gasteiger partial charge is 0.507 e. The fourth-order valence-electron chi connectivity index (χ4n) is 2.58. The molecular formula is C18H15IN2O2. The average molecular weight is 418 g/mol. The molecule has 4 nitrogen and oxygen atoms in total. The van der Waals surface area contributed by atoms with Crippen LogP contribution >= 0.6 is 22.6 Å². The second-order valence-corrected chi connectivity index (χ2v) is 6.28. The first kappa shape index (κ1) is 15.7. The van der Waals surface area contributed by atoms with E-state index >= 15 is 0 Å². The smallest absolute Gasteiger partial charge is 0.263 e. The fraction of sp³-hybridized carbons (Fsp3) is 0.111. The zero-order chi connectivity index (χ0) is 16.4. The van der Waals surface area contributed by atoms with Crippen LogP contribution in [0.4, 0.5) is 0 Å². The first-order chi connectivity index (χ1) is 11.1. The minimum atomic E-state index is -0.236. The maximum atomic E-state index is 13.0. The van der Waals surface area contributed by atoms with Crippen LogP contribution in [0.25, 0.3) is 16.7 Å². The lowest BCUT2D eigenvalue weighted by molar-refractivity contribution is 0.472. The lowest BCUT2D eigenvalue weighted by Gasteiger charge is -2.15. The number of rotatable bonds is 4. The zero-order valence-electron chi connectivity index (χ0n) is 12.4. The monoisotopic (exact) mass is 418 g/mol. The van der Waals surface area contributed by atoms with Crippen LogP contribution in [-0.4, -0.2) is 14.7 Å². The van der Waals surface area contributed by atoms with E-state index in [4.69, 9.17) is 0 Å². The first-order valence-corrected chi connectivity index (χ1v) is 8.30. The highest BCUT2D eigenvalue weighted by atomic mass is 127. The van der Waals surface area contributed by atoms with Gasteiger partial charge in [0.05, 0.1) is 16.6 Å². The molecule has 1 aromatic carbocycles. The second kappa shape index (κ2) is 6.54. The van der Waals surface area contributed by atoms with Crippen LogP contribution in [0.5, 0.6) is 5.75 Å². The Balaban J connectivity index is 2.43. The molecule has 5 heteroatoms. The molecule has 0 radical (unpaired) electrons. The average Bonchev–Trinajstić information content (AvgIpc) is 2.56. The highest BCUT2D eigenvalue weighted by Crippen LogP contribution is 2.28. The van der Waals surface area contributed by atoms with Crippen LogP contribution in [-0.2, 0) is 6.42 Å². The Labute approximate surface area is 147 Å². The molecule has 116 valence electrons. The van der Waals surface area contributed by atoms with Crippen molar-refractivity contribution in [2.75, 3.05) is 0 Å². The zero-order valence-corrected chi connectivity index (χ0v) is 14.5. The number of hydrogen-bond donors (Lipinski definition) is 1. The van der Waals surface area contributed by atoms with E-state index in [-0.39, 0.29) is 11.3 Å². The van der Waals surface area contributed by atoms with Gasteiger partial charge in [0.15, 0.2) is 5.65 Å². The molecule has 0 amide bonds. The summed E-state index contributed by atoms with van der Waals surface area (Å²) in [5.41, 5.74) is 1.38. The van der Waals surface area contributed by atoms with E-state index in [1.165, 1.54) is 0 Å². The highest BCUT2D eigenvalue weighted by Gasteiger charge is 2.18. The standard InChI is InChI=1S/C18H15IN2O2/c1-2-3-7-13-16(22)12-8-6-11-20-17(12)21(18(13)23)15-10-5-4-9-14(15)19/h2,4-6,8-11,22H,1,3,7H2. The molecule has 3 rings (SSSR count). The summed E-state index contributed by atoms with van der Waals surface area (Å²) in [5, 5.41) is 11.1. The quantitative estimate of drug-likeness (QED) is 0.518. The molecule has 0 spiro atoms. The van der Waals surface area contributed by atoms with Crippen molar-refractivity contribution in [3.8, 4) is 11.4 Å². The molecule has 0 unspecified atom stereocenters. The van der Waals surface area contributed by atoms with Gasteiger partial charge in [-0.2, -0.15) is 0 Å². The number of halogens is 1. The third kappa shape index (κ3) is 2.76. The van der Waals surface area contributed by atoms with E-state index in [9.17, 15) is 9.90 Å². The van der Waals surface area contributed by atoms with E-state index < -0.39 is 0 Å². The Morgan fingerprint density at radius 1 is 1.26 bits per heavy atom. The van der Waals surface area contributed by atoms with Gasteiger partial charge in [-0.05, 0) is 59.7 Å². The molecule has 2 heterocycles. The molecule has 2 aromatic heterocycles. The molecule has 0 aliphatic carbocycles. The van der Waals surface area contributed by atoms with Crippen molar-refractivity contribution in [2.24, 2.45) is 0 Å². The minimum Gasteiger partial charge on any atom is -0.507 e. The van der Waals surface area contributed by atoms with Crippen LogP contribution in [0.15, 0.2) is 60.0 Å². The van der Waals surface area contributed by atoms with E-state index in [2.05, 4.69) is 34.2 Å². The Morgan fingerprint density at radius 2 is 2.04 bits per heavy atom. The van der Waals surface area contributed by atoms with Crippen molar-refractivity contribution in [2.45, 2.75) is 12.8 Å². The van der Waals surface area contributed by atoms with Gasteiger partial charge in [0, 0.05) is 9.77 Å². The van der Waals surface area contributed by atoms with Gasteiger partial charge in [0.2, 0.25) is 0 Å². The maximum Gasteiger partial charge on any atom is 0.263 e. The van der Waals surface area contributed by atoms with Crippen molar-refractivity contribution in [3.05, 3.63) is 74.7 Å². The molecule has 0 saturated carbocycles. The highest BCUT2D eigenvalue weighted by molar-refractivity contribution is 14.1. The molecular weight excluding hydrogens is 403 g/mol. The van der Waals surface area contributed by atoms with Crippen molar-refractivity contribution < 1.29 is 5.11 Å². The van der Waals surface area contributed by atoms with Crippen LogP contribution in [0.1, 0.15) is 12.0 Å². The molecule has 23 heavy (non-hydrogen) atoms. The predicted molar refractivity (Wildman–Crippen MR) is 100 cm³/mol. The van der Waals surface area contributed by atoms with Gasteiger partial charge in [-0.3, -0.25) is 9.36 Å². The van der Waals surface area contributed by atoms with Crippen molar-refractivity contribution in [3.63, 3.8) is 0 Å². The predicted octanol–water partition coefficient (Wildman–Crippen LogP) is 3.81. The maximum absolute atomic E-state index is 13.0. The normalized spacial score (nSPS) is 10.8. The molecule has 1 N–H and O–H groups in total. The Kier molecular flexibility index (Phi) is 4.47. The number of para-hydroxylation sites is 1. The number of allylic oxidation sites excluding steroid dienone is 1. The molecule has 0 fully saturated rings. The van der Waals surface area contributed by atoms with Gasteiger partial charge < -0.3 is 5.11 Å². The number of nitrogens with zero attached hydrogens (tertiary/aromatic N) is 2. The van der Waals surface area contributed by atoms with E-state index in [1.807, 2.05) is 24.3 Å². The molecule has 0 saturated heterocycles. The number of aromatic hydroxyl groups is 1. The van der Waals surface area contributed by atoms with Crippen molar-refractivity contribution in [1.82, 2.24) is 9.55 Å². The molecule has 3 aromatic rings. The van der Waals surface area contributed by atoms with Crippen molar-refractivity contribution in [1.29, 1.82) is 0 Å². The van der Waals surface area contributed by atoms with Gasteiger partial charge in [-0.15, -0.1) is 6.58 Å². The third-order valence-corrected chi connectivity index (χ3v) is 4.60. The fourth-order valence-corrected chi connectivity index (χ4v) is 3.21. The number of aromatic nitrogens is 2. The van der Waals surface area contributed by atoms with Crippen LogP contribution in [0, 0.1) is 3.57 Å². The summed E-state index contributed by atoms with van der Waals surface area (Å²) >= 11 is 2.20. The third-order valence-electron chi connectivity index (χ3n) is 3.69. The lowest BCUT2D eigenvalue weighted by Crippen LogP contribution is -2.24. The summed E-state index contributed by atoms with van der Waals surface area (Å²) in [5.74, 6) is 0.0159. The van der Waals surface area contributed by atoms with Crippen LogP contribution < -0.4 is 5.56 Å². The number of pyridine rings is 2. The summed E-state index contributed by atoms with van der Waals surface area (Å²) in [7, 11) is 0. The van der Waals surface area contributed by atoms with Gasteiger partial charge in [0.1, 0.15) is 5.75 Å². The van der Waals surface area contributed by atoms with Crippen molar-refractivity contribution >= 4 is 33.6 Å². The molecule has 0 bridgehead atoms. The SMILES string of the molecule is C=CCCc1c(O)c2cccnc2n(-c2ccccc2I)c1=O. The molecule has 0 atom stereocenters. The van der Waals surface area contributed by atoms with E-state index in [0.717, 1.165) is 9.26 Å². The first-order valence-electron chi connectivity index (χ1n) is 7.22. The van der Waals surface area contributed by atoms with Gasteiger partial charge >= 0.3 is 0 Å². The topological polar surface area (TPSA) is 55.1 Å². The van der Waals surface area contributed by atoms with E-state index in [1.54, 1.807) is 29.0 Å². The molecule has 0 aliphatic rings. The van der Waals surface area contributed by atoms with Crippen LogP contribution in [0.3, 0.4) is 0 Å². The molecule has 0 aliphatic heterocycles. The van der Waals surface area contributed by atoms with Gasteiger partial charge in [-0.25, -0.2) is 4.98 Å². The Bertz CT molecular complexity index is 947. The van der Waals surface area contributed by atoms with Gasteiger partial charge in [0.25, 0.3) is 5.56 Å². The second-order valence-electron chi connectivity index (χ2n) is 5.12. The van der Waals surface area contributed by atoms with Gasteiger partial charge in [-0.1, -0.05) is 18.2 Å². The summed E-state index contributed by atoms with van der Waals surface area (Å²) in [6, 6.07) is 11.2. The minimum absolute atomic E-state index is 0.0159. The lowest BCUT2D eigenvalue weighted by atomic mass is 10.1. The van der Waals surface area contributed by atoms with Crippen LogP contribution in [0.2, 0.25) is 0 Å². The van der Waals surface area contributed by atoms with E-state index in [0.29, 0.717) is 29.4 Å². The number of fused-ring (bicyclic) bond motifs is 1. The summed E-state index contributed by atoms with van der Waals surface area (Å²) in [6.45, 7) is 3.69. The number of benzene rings is 1. The summed E-state index contributed by atoms with van der Waals surface area (Å²) < 4.78 is 2.52. The number of hydrogen-bond acceptors (Lipinski definition) is 3. The Morgan fingerprint density at radius 3 is 2.78 bits per heavy atom.